The van der Waals surface area contributed by atoms with Crippen molar-refractivity contribution in [3.05, 3.63) is 52.2 Å². The number of non-ortho nitro benzene ring substituents is 1. The number of nitrogens with one attached hydrogen (secondary N) is 2. The van der Waals surface area contributed by atoms with Crippen LogP contribution in [0.15, 0.2) is 36.5 Å². The maximum Gasteiger partial charge on any atom is 0.271 e. The van der Waals surface area contributed by atoms with Gasteiger partial charge < -0.3 is 15.4 Å². The van der Waals surface area contributed by atoms with Crippen molar-refractivity contribution in [2.24, 2.45) is 0 Å². The number of nitro groups is 1. The molecule has 2 N–H and O–H groups in total. The number of hydrogen-bond donors (Lipinski definition) is 2. The molecule has 2 rings (SSSR count). The summed E-state index contributed by atoms with van der Waals surface area (Å²) in [6.07, 6.45) is 1.75. The number of pyridine rings is 1. The van der Waals surface area contributed by atoms with Gasteiger partial charge in [-0.15, -0.1) is 0 Å². The van der Waals surface area contributed by atoms with Crippen molar-refractivity contribution >= 4 is 29.0 Å². The first-order valence-electron chi connectivity index (χ1n) is 8.82. The Morgan fingerprint density at radius 3 is 2.59 bits per heavy atom. The lowest BCUT2D eigenvalue weighted by Gasteiger charge is -2.16. The van der Waals surface area contributed by atoms with Gasteiger partial charge in [0.05, 0.1) is 24.3 Å². The number of amides is 2. The molecule has 154 valence electrons. The molecule has 2 aromatic rings. The zero-order chi connectivity index (χ0) is 21.4. The summed E-state index contributed by atoms with van der Waals surface area (Å²) in [6, 6.07) is 7.52. The average Bonchev–Trinajstić information content (AvgIpc) is 2.68. The number of nitro benzene ring substituents is 1. The predicted molar refractivity (Wildman–Crippen MR) is 108 cm³/mol. The molecule has 1 aromatic carbocycles. The number of ether oxygens (including phenoxy) is 1. The molecule has 2 amide bonds. The molecule has 10 heteroatoms. The number of carbonyl (C=O) groups is 2. The van der Waals surface area contributed by atoms with Crippen LogP contribution >= 0.6 is 0 Å². The minimum absolute atomic E-state index is 0.0863. The van der Waals surface area contributed by atoms with Crippen molar-refractivity contribution < 1.29 is 19.2 Å². The molecule has 0 spiro atoms. The summed E-state index contributed by atoms with van der Waals surface area (Å²) in [5.74, 6) is 0.188. The van der Waals surface area contributed by atoms with Crippen LogP contribution in [0.4, 0.5) is 17.2 Å². The van der Waals surface area contributed by atoms with Gasteiger partial charge in [-0.2, -0.15) is 0 Å². The third kappa shape index (κ3) is 6.85. The molecule has 0 aliphatic heterocycles. The molecule has 1 aromatic heterocycles. The van der Waals surface area contributed by atoms with E-state index in [-0.39, 0.29) is 36.2 Å². The summed E-state index contributed by atoms with van der Waals surface area (Å²) in [6.45, 7) is 2.31. The third-order valence-electron chi connectivity index (χ3n) is 3.98. The lowest BCUT2D eigenvalue weighted by Crippen LogP contribution is -2.32. The standard InChI is InChI=1S/C19H23N5O5/c1-13-4-7-17(20-11-13)22-19(26)12-23(2)9-8-18(25)21-15-10-14(24(27)28)5-6-16(15)29-3/h4-7,10-11H,8-9,12H2,1-3H3,(H,21,25)(H,20,22,26). The van der Waals surface area contributed by atoms with Crippen molar-refractivity contribution in [2.45, 2.75) is 13.3 Å². The van der Waals surface area contributed by atoms with E-state index >= 15 is 0 Å². The highest BCUT2D eigenvalue weighted by Crippen LogP contribution is 2.28. The Bertz CT molecular complexity index is 885. The van der Waals surface area contributed by atoms with Gasteiger partial charge in [0.1, 0.15) is 11.6 Å². The Hall–Kier alpha value is -3.53. The van der Waals surface area contributed by atoms with Crippen molar-refractivity contribution in [1.29, 1.82) is 0 Å². The summed E-state index contributed by atoms with van der Waals surface area (Å²) in [5.41, 5.74) is 1.06. The molecule has 0 radical (unpaired) electrons. The second kappa shape index (κ2) is 10.1. The van der Waals surface area contributed by atoms with E-state index in [1.54, 1.807) is 24.2 Å². The van der Waals surface area contributed by atoms with Gasteiger partial charge in [0.25, 0.3) is 5.69 Å². The molecule has 0 aliphatic carbocycles. The number of likely N-dealkylation sites (N-methyl/N-ethyl adjacent to an activating group) is 1. The second-order valence-electron chi connectivity index (χ2n) is 6.45. The summed E-state index contributed by atoms with van der Waals surface area (Å²) in [4.78, 5) is 40.4. The summed E-state index contributed by atoms with van der Waals surface area (Å²) in [7, 11) is 3.12. The van der Waals surface area contributed by atoms with E-state index in [2.05, 4.69) is 15.6 Å². The van der Waals surface area contributed by atoms with Crippen LogP contribution < -0.4 is 15.4 Å². The lowest BCUT2D eigenvalue weighted by atomic mass is 10.2. The summed E-state index contributed by atoms with van der Waals surface area (Å²) < 4.78 is 5.12. The Morgan fingerprint density at radius 1 is 1.21 bits per heavy atom. The minimum atomic E-state index is -0.551. The Balaban J connectivity index is 1.84. The van der Waals surface area contributed by atoms with Crippen LogP contribution in [0, 0.1) is 17.0 Å². The summed E-state index contributed by atoms with van der Waals surface area (Å²) >= 11 is 0. The molecule has 0 unspecified atom stereocenters. The van der Waals surface area contributed by atoms with Gasteiger partial charge in [-0.3, -0.25) is 24.6 Å². The number of anilines is 2. The molecule has 0 saturated heterocycles. The number of nitrogens with zero attached hydrogens (tertiary/aromatic N) is 3. The zero-order valence-electron chi connectivity index (χ0n) is 16.5. The quantitative estimate of drug-likeness (QED) is 0.487. The van der Waals surface area contributed by atoms with Gasteiger partial charge in [-0.05, 0) is 31.7 Å². The number of rotatable bonds is 9. The van der Waals surface area contributed by atoms with Crippen molar-refractivity contribution in [1.82, 2.24) is 9.88 Å². The van der Waals surface area contributed by atoms with Gasteiger partial charge >= 0.3 is 0 Å². The molecular formula is C19H23N5O5. The van der Waals surface area contributed by atoms with Gasteiger partial charge in [0.2, 0.25) is 11.8 Å². The third-order valence-corrected chi connectivity index (χ3v) is 3.98. The van der Waals surface area contributed by atoms with Gasteiger partial charge in [-0.25, -0.2) is 4.98 Å². The van der Waals surface area contributed by atoms with E-state index in [1.807, 2.05) is 13.0 Å². The van der Waals surface area contributed by atoms with E-state index < -0.39 is 4.92 Å². The predicted octanol–water partition coefficient (Wildman–Crippen LogP) is 2.21. The van der Waals surface area contributed by atoms with E-state index in [9.17, 15) is 19.7 Å². The van der Waals surface area contributed by atoms with Gasteiger partial charge in [0, 0.05) is 31.3 Å². The number of benzene rings is 1. The second-order valence-corrected chi connectivity index (χ2v) is 6.45. The molecule has 0 fully saturated rings. The highest BCUT2D eigenvalue weighted by Gasteiger charge is 2.15. The molecule has 10 nitrogen and oxygen atoms in total. The van der Waals surface area contributed by atoms with Crippen molar-refractivity contribution in [3.8, 4) is 5.75 Å². The van der Waals surface area contributed by atoms with E-state index in [4.69, 9.17) is 4.74 Å². The monoisotopic (exact) mass is 401 g/mol. The first-order chi connectivity index (χ1) is 13.8. The Morgan fingerprint density at radius 2 is 1.97 bits per heavy atom. The van der Waals surface area contributed by atoms with Crippen LogP contribution in [0.3, 0.4) is 0 Å². The van der Waals surface area contributed by atoms with Crippen LogP contribution in [-0.4, -0.2) is 53.9 Å². The van der Waals surface area contributed by atoms with E-state index in [0.717, 1.165) is 5.56 Å². The zero-order valence-corrected chi connectivity index (χ0v) is 16.5. The van der Waals surface area contributed by atoms with Gasteiger partial charge in [0.15, 0.2) is 0 Å². The van der Waals surface area contributed by atoms with Crippen LogP contribution in [0.25, 0.3) is 0 Å². The molecule has 0 saturated carbocycles. The molecule has 0 bridgehead atoms. The first-order valence-corrected chi connectivity index (χ1v) is 8.82. The number of aryl methyl sites for hydroxylation is 1. The normalized spacial score (nSPS) is 10.5. The average molecular weight is 401 g/mol. The fourth-order valence-electron chi connectivity index (χ4n) is 2.46. The fraction of sp³-hybridized carbons (Fsp3) is 0.316. The molecule has 1 heterocycles. The summed E-state index contributed by atoms with van der Waals surface area (Å²) in [5, 5.41) is 16.2. The van der Waals surface area contributed by atoms with E-state index in [0.29, 0.717) is 18.1 Å². The number of carbonyl (C=O) groups excluding carboxylic acids is 2. The van der Waals surface area contributed by atoms with E-state index in [1.165, 1.54) is 25.3 Å². The number of aromatic nitrogens is 1. The largest absolute Gasteiger partial charge is 0.495 e. The topological polar surface area (TPSA) is 127 Å². The van der Waals surface area contributed by atoms with Crippen LogP contribution in [0.5, 0.6) is 5.75 Å². The van der Waals surface area contributed by atoms with Crippen LogP contribution in [0.1, 0.15) is 12.0 Å². The van der Waals surface area contributed by atoms with Gasteiger partial charge in [-0.1, -0.05) is 6.07 Å². The number of methoxy groups -OCH3 is 1. The maximum absolute atomic E-state index is 12.2. The SMILES string of the molecule is COc1ccc([N+](=O)[O-])cc1NC(=O)CCN(C)CC(=O)Nc1ccc(C)cn1. The molecule has 0 atom stereocenters. The molecule has 29 heavy (non-hydrogen) atoms. The Kier molecular flexibility index (Phi) is 7.61. The maximum atomic E-state index is 12.2. The highest BCUT2D eigenvalue weighted by atomic mass is 16.6. The Labute approximate surface area is 168 Å². The molecule has 0 aliphatic rings. The van der Waals surface area contributed by atoms with Crippen molar-refractivity contribution in [2.75, 3.05) is 37.9 Å². The first kappa shape index (κ1) is 21.8. The highest BCUT2D eigenvalue weighted by molar-refractivity contribution is 5.93. The fourth-order valence-corrected chi connectivity index (χ4v) is 2.46. The smallest absolute Gasteiger partial charge is 0.271 e. The number of hydrogen-bond acceptors (Lipinski definition) is 7. The lowest BCUT2D eigenvalue weighted by molar-refractivity contribution is -0.384. The van der Waals surface area contributed by atoms with Crippen LogP contribution in [0.2, 0.25) is 0 Å². The van der Waals surface area contributed by atoms with Crippen molar-refractivity contribution in [3.63, 3.8) is 0 Å². The minimum Gasteiger partial charge on any atom is -0.495 e. The molecular weight excluding hydrogens is 378 g/mol. The van der Waals surface area contributed by atoms with Crippen LogP contribution in [-0.2, 0) is 9.59 Å².